The Hall–Kier alpha value is -2.97. The van der Waals surface area contributed by atoms with Crippen LogP contribution >= 0.6 is 22.9 Å². The van der Waals surface area contributed by atoms with Crippen LogP contribution in [0, 0.1) is 5.82 Å². The SMILES string of the molecule is Oc1nc(Nc2ccccc2F)sc1Cc1nnc(-c2ccccc2Cl)o1. The van der Waals surface area contributed by atoms with Crippen molar-refractivity contribution >= 4 is 33.8 Å². The van der Waals surface area contributed by atoms with E-state index in [1.165, 1.54) is 17.4 Å². The number of para-hydroxylation sites is 1. The lowest BCUT2D eigenvalue weighted by atomic mass is 10.2. The summed E-state index contributed by atoms with van der Waals surface area (Å²) in [6.07, 6.45) is 0.194. The summed E-state index contributed by atoms with van der Waals surface area (Å²) in [7, 11) is 0. The van der Waals surface area contributed by atoms with Crippen LogP contribution in [0.25, 0.3) is 11.5 Å². The van der Waals surface area contributed by atoms with E-state index in [9.17, 15) is 9.50 Å². The molecule has 4 aromatic rings. The fraction of sp³-hybridized carbons (Fsp3) is 0.0556. The molecule has 2 heterocycles. The van der Waals surface area contributed by atoms with Gasteiger partial charge in [-0.1, -0.05) is 47.2 Å². The minimum absolute atomic E-state index is 0.170. The summed E-state index contributed by atoms with van der Waals surface area (Å²) >= 11 is 7.31. The van der Waals surface area contributed by atoms with Gasteiger partial charge in [-0.15, -0.1) is 10.2 Å². The van der Waals surface area contributed by atoms with Gasteiger partial charge in [0.1, 0.15) is 5.82 Å². The zero-order valence-electron chi connectivity index (χ0n) is 13.7. The van der Waals surface area contributed by atoms with Gasteiger partial charge in [0.15, 0.2) is 5.13 Å². The van der Waals surface area contributed by atoms with Gasteiger partial charge >= 0.3 is 0 Å². The summed E-state index contributed by atoms with van der Waals surface area (Å²) in [6, 6.07) is 13.4. The van der Waals surface area contributed by atoms with Crippen LogP contribution in [-0.4, -0.2) is 20.3 Å². The van der Waals surface area contributed by atoms with E-state index in [0.717, 1.165) is 0 Å². The van der Waals surface area contributed by atoms with Crippen LogP contribution < -0.4 is 5.32 Å². The predicted molar refractivity (Wildman–Crippen MR) is 101 cm³/mol. The first-order valence-corrected chi connectivity index (χ1v) is 9.07. The zero-order chi connectivity index (χ0) is 18.8. The molecule has 136 valence electrons. The van der Waals surface area contributed by atoms with E-state index in [1.807, 2.05) is 12.1 Å². The number of hydrogen-bond acceptors (Lipinski definition) is 7. The molecule has 27 heavy (non-hydrogen) atoms. The van der Waals surface area contributed by atoms with Gasteiger partial charge in [0, 0.05) is 0 Å². The van der Waals surface area contributed by atoms with Crippen LogP contribution in [0.15, 0.2) is 52.9 Å². The van der Waals surface area contributed by atoms with Crippen molar-refractivity contribution < 1.29 is 13.9 Å². The summed E-state index contributed by atoms with van der Waals surface area (Å²) < 4.78 is 19.4. The average molecular weight is 403 g/mol. The molecule has 4 rings (SSSR count). The van der Waals surface area contributed by atoms with Crippen LogP contribution in [0.1, 0.15) is 10.8 Å². The van der Waals surface area contributed by atoms with Crippen LogP contribution in [0.4, 0.5) is 15.2 Å². The molecule has 0 aliphatic carbocycles. The van der Waals surface area contributed by atoms with Crippen LogP contribution in [-0.2, 0) is 6.42 Å². The summed E-state index contributed by atoms with van der Waals surface area (Å²) in [5.41, 5.74) is 0.907. The number of halogens is 2. The van der Waals surface area contributed by atoms with E-state index in [1.54, 1.807) is 30.3 Å². The molecule has 6 nitrogen and oxygen atoms in total. The number of rotatable bonds is 5. The Morgan fingerprint density at radius 1 is 1.11 bits per heavy atom. The van der Waals surface area contributed by atoms with Crippen molar-refractivity contribution in [2.24, 2.45) is 0 Å². The fourth-order valence-electron chi connectivity index (χ4n) is 2.40. The van der Waals surface area contributed by atoms with Crippen LogP contribution in [0.2, 0.25) is 5.02 Å². The van der Waals surface area contributed by atoms with E-state index in [2.05, 4.69) is 20.5 Å². The third-order valence-electron chi connectivity index (χ3n) is 3.68. The van der Waals surface area contributed by atoms with Gasteiger partial charge in [-0.25, -0.2) is 4.39 Å². The minimum atomic E-state index is -0.407. The number of thiazole rings is 1. The van der Waals surface area contributed by atoms with Gasteiger partial charge in [-0.2, -0.15) is 4.98 Å². The highest BCUT2D eigenvalue weighted by Crippen LogP contribution is 2.33. The van der Waals surface area contributed by atoms with Crippen molar-refractivity contribution in [3.8, 4) is 17.3 Å². The third kappa shape index (κ3) is 3.76. The average Bonchev–Trinajstić information content (AvgIpc) is 3.25. The molecule has 0 atom stereocenters. The van der Waals surface area contributed by atoms with E-state index >= 15 is 0 Å². The molecule has 2 N–H and O–H groups in total. The summed E-state index contributed by atoms with van der Waals surface area (Å²) in [6.45, 7) is 0. The molecule has 0 saturated heterocycles. The lowest BCUT2D eigenvalue weighted by molar-refractivity contribution is 0.448. The third-order valence-corrected chi connectivity index (χ3v) is 4.96. The monoisotopic (exact) mass is 402 g/mol. The Balaban J connectivity index is 1.53. The normalized spacial score (nSPS) is 10.9. The molecule has 0 amide bonds. The van der Waals surface area contributed by atoms with Gasteiger partial charge in [0.05, 0.1) is 27.6 Å². The second kappa shape index (κ2) is 7.34. The predicted octanol–water partition coefficient (Wildman–Crippen LogP) is 5.03. The van der Waals surface area contributed by atoms with Gasteiger partial charge in [-0.3, -0.25) is 0 Å². The first kappa shape index (κ1) is 17.4. The van der Waals surface area contributed by atoms with Gasteiger partial charge in [0.25, 0.3) is 0 Å². The van der Waals surface area contributed by atoms with Gasteiger partial charge in [-0.05, 0) is 24.3 Å². The molecule has 0 bridgehead atoms. The van der Waals surface area contributed by atoms with Crippen molar-refractivity contribution in [1.29, 1.82) is 0 Å². The highest BCUT2D eigenvalue weighted by atomic mass is 35.5. The summed E-state index contributed by atoms with van der Waals surface area (Å²) in [5, 5.41) is 21.8. The lowest BCUT2D eigenvalue weighted by Crippen LogP contribution is -1.91. The standard InChI is InChI=1S/C18H12ClFN4O2S/c19-11-6-2-1-5-10(11)17-24-23-15(26-17)9-14-16(25)22-18(27-14)21-13-8-4-3-7-12(13)20/h1-8,25H,9H2,(H,21,22). The number of aromatic hydroxyl groups is 1. The summed E-state index contributed by atoms with van der Waals surface area (Å²) in [5.74, 6) is 0.0250. The molecule has 0 radical (unpaired) electrons. The second-order valence-corrected chi connectivity index (χ2v) is 7.02. The Morgan fingerprint density at radius 3 is 2.70 bits per heavy atom. The van der Waals surface area contributed by atoms with E-state index in [0.29, 0.717) is 32.4 Å². The van der Waals surface area contributed by atoms with E-state index in [-0.39, 0.29) is 18.0 Å². The maximum atomic E-state index is 13.7. The van der Waals surface area contributed by atoms with Crippen LogP contribution in [0.3, 0.4) is 0 Å². The zero-order valence-corrected chi connectivity index (χ0v) is 15.3. The molecule has 9 heteroatoms. The molecule has 0 unspecified atom stereocenters. The maximum Gasteiger partial charge on any atom is 0.249 e. The number of hydrogen-bond donors (Lipinski definition) is 2. The molecular formula is C18H12ClFN4O2S. The van der Waals surface area contributed by atoms with Crippen molar-refractivity contribution in [2.45, 2.75) is 6.42 Å². The first-order valence-electron chi connectivity index (χ1n) is 7.87. The smallest absolute Gasteiger partial charge is 0.249 e. The highest BCUT2D eigenvalue weighted by Gasteiger charge is 2.17. The van der Waals surface area contributed by atoms with Gasteiger partial charge in [0.2, 0.25) is 17.7 Å². The lowest BCUT2D eigenvalue weighted by Gasteiger charge is -2.02. The van der Waals surface area contributed by atoms with Gasteiger partial charge < -0.3 is 14.8 Å². The van der Waals surface area contributed by atoms with Crippen molar-refractivity contribution in [2.75, 3.05) is 5.32 Å². The topological polar surface area (TPSA) is 84.1 Å². The Morgan fingerprint density at radius 2 is 1.89 bits per heavy atom. The van der Waals surface area contributed by atoms with Crippen molar-refractivity contribution in [3.05, 3.63) is 70.1 Å². The molecule has 0 aliphatic heterocycles. The number of anilines is 2. The van der Waals surface area contributed by atoms with Crippen molar-refractivity contribution in [1.82, 2.24) is 15.2 Å². The molecule has 2 aromatic carbocycles. The Kier molecular flexibility index (Phi) is 4.74. The van der Waals surface area contributed by atoms with Crippen molar-refractivity contribution in [3.63, 3.8) is 0 Å². The summed E-state index contributed by atoms with van der Waals surface area (Å²) in [4.78, 5) is 4.52. The van der Waals surface area contributed by atoms with E-state index < -0.39 is 5.82 Å². The second-order valence-electron chi connectivity index (χ2n) is 5.53. The molecular weight excluding hydrogens is 391 g/mol. The number of nitrogens with one attached hydrogen (secondary N) is 1. The molecule has 0 aliphatic rings. The quantitative estimate of drug-likeness (QED) is 0.487. The number of benzene rings is 2. The maximum absolute atomic E-state index is 13.7. The first-order chi connectivity index (χ1) is 13.1. The number of nitrogens with zero attached hydrogens (tertiary/aromatic N) is 3. The largest absolute Gasteiger partial charge is 0.492 e. The number of aromatic nitrogens is 3. The van der Waals surface area contributed by atoms with Crippen LogP contribution in [0.5, 0.6) is 5.88 Å². The molecule has 0 saturated carbocycles. The molecule has 0 fully saturated rings. The Bertz CT molecular complexity index is 1100. The molecule has 0 spiro atoms. The minimum Gasteiger partial charge on any atom is -0.492 e. The fourth-order valence-corrected chi connectivity index (χ4v) is 3.47. The molecule has 2 aromatic heterocycles. The van der Waals surface area contributed by atoms with E-state index in [4.69, 9.17) is 16.0 Å². The Labute approximate surface area is 162 Å². The highest BCUT2D eigenvalue weighted by molar-refractivity contribution is 7.16.